The van der Waals surface area contributed by atoms with Crippen molar-refractivity contribution in [1.29, 1.82) is 0 Å². The van der Waals surface area contributed by atoms with Gasteiger partial charge in [0, 0.05) is 24.3 Å². The molecule has 0 aliphatic carbocycles. The van der Waals surface area contributed by atoms with Crippen LogP contribution in [-0.4, -0.2) is 15.9 Å². The number of thiazole rings is 1. The molecule has 2 aromatic heterocycles. The van der Waals surface area contributed by atoms with Crippen LogP contribution >= 0.6 is 34.7 Å². The Morgan fingerprint density at radius 2 is 2.00 bits per heavy atom. The van der Waals surface area contributed by atoms with E-state index < -0.39 is 11.7 Å². The number of nitrogens with zero attached hydrogens (tertiary/aromatic N) is 3. The van der Waals surface area contributed by atoms with Crippen LogP contribution in [0, 0.1) is 13.8 Å². The molecule has 0 spiro atoms. The molecular weight excluding hydrogens is 455 g/mol. The topological polar surface area (TPSA) is 46.1 Å². The summed E-state index contributed by atoms with van der Waals surface area (Å²) in [5.74, 6) is 0.183. The molecule has 0 atom stereocenters. The zero-order valence-electron chi connectivity index (χ0n) is 16.2. The van der Waals surface area contributed by atoms with Crippen molar-refractivity contribution in [3.63, 3.8) is 0 Å². The zero-order chi connectivity index (χ0) is 22.1. The number of hydrogen-bond acceptors (Lipinski definition) is 5. The number of halogens is 4. The summed E-state index contributed by atoms with van der Waals surface area (Å²) in [6.07, 6.45) is -3.60. The van der Waals surface area contributed by atoms with Gasteiger partial charge in [0.2, 0.25) is 5.91 Å². The first-order valence-electron chi connectivity index (χ1n) is 8.74. The monoisotopic (exact) mass is 471 g/mol. The summed E-state index contributed by atoms with van der Waals surface area (Å²) in [5.41, 5.74) is 2.34. The number of benzene rings is 1. The van der Waals surface area contributed by atoms with E-state index in [4.69, 9.17) is 11.6 Å². The van der Waals surface area contributed by atoms with E-state index in [1.165, 1.54) is 41.0 Å². The molecule has 0 saturated heterocycles. The molecule has 1 aromatic carbocycles. The molecule has 0 radical (unpaired) electrons. The Labute approximate surface area is 185 Å². The SMILES string of the molecule is CC(=O)N(c1nc(CSc2ccc(C(F)(F)F)cn2)cs1)c1c(C)cc(C)cc1Cl. The fourth-order valence-electron chi connectivity index (χ4n) is 2.83. The fraction of sp³-hybridized carbons (Fsp3) is 0.250. The molecule has 3 aromatic rings. The van der Waals surface area contributed by atoms with Crippen molar-refractivity contribution in [2.45, 2.75) is 37.7 Å². The molecule has 0 saturated carbocycles. The van der Waals surface area contributed by atoms with Gasteiger partial charge in [0.1, 0.15) is 0 Å². The highest BCUT2D eigenvalue weighted by Gasteiger charge is 2.30. The second-order valence-electron chi connectivity index (χ2n) is 6.56. The summed E-state index contributed by atoms with van der Waals surface area (Å²) in [5, 5.41) is 3.20. The minimum absolute atomic E-state index is 0.221. The minimum Gasteiger partial charge on any atom is -0.274 e. The first-order valence-corrected chi connectivity index (χ1v) is 11.0. The molecule has 30 heavy (non-hydrogen) atoms. The molecule has 158 valence electrons. The van der Waals surface area contributed by atoms with Crippen LogP contribution in [0.2, 0.25) is 5.02 Å². The van der Waals surface area contributed by atoms with Gasteiger partial charge in [0.05, 0.1) is 27.0 Å². The van der Waals surface area contributed by atoms with Gasteiger partial charge in [-0.3, -0.25) is 9.69 Å². The maximum Gasteiger partial charge on any atom is 0.417 e. The van der Waals surface area contributed by atoms with Crippen molar-refractivity contribution in [3.8, 4) is 0 Å². The quantitative estimate of drug-likeness (QED) is 0.384. The summed E-state index contributed by atoms with van der Waals surface area (Å²) >= 11 is 8.97. The van der Waals surface area contributed by atoms with E-state index in [2.05, 4.69) is 9.97 Å². The number of pyridine rings is 1. The van der Waals surface area contributed by atoms with Crippen LogP contribution in [0.25, 0.3) is 0 Å². The lowest BCUT2D eigenvalue weighted by Crippen LogP contribution is -2.24. The smallest absolute Gasteiger partial charge is 0.274 e. The summed E-state index contributed by atoms with van der Waals surface area (Å²) in [6.45, 7) is 5.25. The molecule has 0 bridgehead atoms. The molecule has 4 nitrogen and oxygen atoms in total. The van der Waals surface area contributed by atoms with Crippen molar-refractivity contribution in [1.82, 2.24) is 9.97 Å². The second-order valence-corrected chi connectivity index (χ2v) is 8.80. The fourth-order valence-corrected chi connectivity index (χ4v) is 4.94. The van der Waals surface area contributed by atoms with E-state index in [0.717, 1.165) is 23.4 Å². The highest BCUT2D eigenvalue weighted by atomic mass is 35.5. The molecule has 0 aliphatic rings. The summed E-state index contributed by atoms with van der Waals surface area (Å²) in [7, 11) is 0. The van der Waals surface area contributed by atoms with Crippen LogP contribution in [0.4, 0.5) is 24.0 Å². The van der Waals surface area contributed by atoms with E-state index in [1.54, 1.807) is 11.4 Å². The van der Waals surface area contributed by atoms with Gasteiger partial charge in [-0.1, -0.05) is 17.7 Å². The Morgan fingerprint density at radius 3 is 2.57 bits per heavy atom. The number of amides is 1. The Hall–Kier alpha value is -2.10. The van der Waals surface area contributed by atoms with Crippen LogP contribution < -0.4 is 4.90 Å². The largest absolute Gasteiger partial charge is 0.417 e. The van der Waals surface area contributed by atoms with E-state index in [0.29, 0.717) is 32.3 Å². The van der Waals surface area contributed by atoms with E-state index >= 15 is 0 Å². The highest BCUT2D eigenvalue weighted by Crippen LogP contribution is 2.38. The van der Waals surface area contributed by atoms with Crippen LogP contribution in [0.3, 0.4) is 0 Å². The summed E-state index contributed by atoms with van der Waals surface area (Å²) in [4.78, 5) is 22.2. The average Bonchev–Trinajstić information content (AvgIpc) is 3.10. The first kappa shape index (κ1) is 22.6. The van der Waals surface area contributed by atoms with Crippen LogP contribution in [-0.2, 0) is 16.7 Å². The molecule has 0 aliphatic heterocycles. The first-order chi connectivity index (χ1) is 14.1. The van der Waals surface area contributed by atoms with Crippen molar-refractivity contribution >= 4 is 51.4 Å². The van der Waals surface area contributed by atoms with Crippen molar-refractivity contribution in [2.75, 3.05) is 4.90 Å². The van der Waals surface area contributed by atoms with Gasteiger partial charge in [-0.25, -0.2) is 9.97 Å². The highest BCUT2D eigenvalue weighted by molar-refractivity contribution is 7.98. The minimum atomic E-state index is -4.41. The number of rotatable bonds is 5. The third-order valence-corrected chi connectivity index (χ3v) is 6.24. The van der Waals surface area contributed by atoms with E-state index in [-0.39, 0.29) is 5.91 Å². The summed E-state index contributed by atoms with van der Waals surface area (Å²) in [6, 6.07) is 6.07. The maximum absolute atomic E-state index is 12.6. The molecule has 1 amide bonds. The third kappa shape index (κ3) is 5.14. The number of alkyl halides is 3. The third-order valence-electron chi connectivity index (χ3n) is 4.10. The predicted molar refractivity (Wildman–Crippen MR) is 115 cm³/mol. The van der Waals surface area contributed by atoms with Gasteiger partial charge in [-0.2, -0.15) is 13.2 Å². The standard InChI is InChI=1S/C20H17ClF3N3OS2/c1-11-6-12(2)18(16(21)7-11)27(13(3)28)19-26-15(10-30-19)9-29-17-5-4-14(8-25-17)20(22,23)24/h4-8,10H,9H2,1-3H3. The number of carbonyl (C=O) groups excluding carboxylic acids is 1. The van der Waals surface area contributed by atoms with Crippen LogP contribution in [0.1, 0.15) is 29.3 Å². The summed E-state index contributed by atoms with van der Waals surface area (Å²) < 4.78 is 37.9. The average molecular weight is 472 g/mol. The number of aromatic nitrogens is 2. The van der Waals surface area contributed by atoms with Crippen molar-refractivity contribution in [2.24, 2.45) is 0 Å². The van der Waals surface area contributed by atoms with Gasteiger partial charge in [0.25, 0.3) is 0 Å². The number of aryl methyl sites for hydroxylation is 2. The van der Waals surface area contributed by atoms with Gasteiger partial charge >= 0.3 is 6.18 Å². The van der Waals surface area contributed by atoms with Crippen molar-refractivity contribution < 1.29 is 18.0 Å². The number of thioether (sulfide) groups is 1. The molecule has 0 N–H and O–H groups in total. The van der Waals surface area contributed by atoms with Gasteiger partial charge in [-0.15, -0.1) is 23.1 Å². The molecule has 2 heterocycles. The lowest BCUT2D eigenvalue weighted by atomic mass is 10.1. The Morgan fingerprint density at radius 1 is 1.27 bits per heavy atom. The van der Waals surface area contributed by atoms with Gasteiger partial charge < -0.3 is 0 Å². The van der Waals surface area contributed by atoms with Crippen molar-refractivity contribution in [3.05, 3.63) is 63.2 Å². The normalized spacial score (nSPS) is 11.6. The lowest BCUT2D eigenvalue weighted by molar-refractivity contribution is -0.137. The van der Waals surface area contributed by atoms with Crippen LogP contribution in [0.5, 0.6) is 0 Å². The van der Waals surface area contributed by atoms with Gasteiger partial charge in [0.15, 0.2) is 5.13 Å². The Balaban J connectivity index is 1.78. The second kappa shape index (κ2) is 8.95. The zero-order valence-corrected chi connectivity index (χ0v) is 18.6. The number of anilines is 2. The predicted octanol–water partition coefficient (Wildman–Crippen LogP) is 6.80. The van der Waals surface area contributed by atoms with Crippen LogP contribution in [0.15, 0.2) is 40.9 Å². The molecule has 3 rings (SSSR count). The molecular formula is C20H17ClF3N3OS2. The van der Waals surface area contributed by atoms with E-state index in [1.807, 2.05) is 19.9 Å². The maximum atomic E-state index is 12.6. The van der Waals surface area contributed by atoms with Gasteiger partial charge in [-0.05, 0) is 43.2 Å². The molecule has 10 heteroatoms. The Kier molecular flexibility index (Phi) is 6.74. The van der Waals surface area contributed by atoms with E-state index in [9.17, 15) is 18.0 Å². The number of carbonyl (C=O) groups is 1. The molecule has 0 unspecified atom stereocenters. The lowest BCUT2D eigenvalue weighted by Gasteiger charge is -2.22. The molecule has 0 fully saturated rings. The number of hydrogen-bond donors (Lipinski definition) is 0. The Bertz CT molecular complexity index is 1040.